The van der Waals surface area contributed by atoms with Crippen molar-refractivity contribution < 1.29 is 4.74 Å². The van der Waals surface area contributed by atoms with Gasteiger partial charge >= 0.3 is 0 Å². The Balaban J connectivity index is 2.22. The molecule has 1 aliphatic rings. The van der Waals surface area contributed by atoms with Gasteiger partial charge in [0.2, 0.25) is 0 Å². The van der Waals surface area contributed by atoms with Crippen LogP contribution in [0.3, 0.4) is 0 Å². The molecule has 1 saturated carbocycles. The molecule has 0 aliphatic heterocycles. The van der Waals surface area contributed by atoms with Gasteiger partial charge in [0, 0.05) is 12.6 Å². The zero-order chi connectivity index (χ0) is 6.69. The third-order valence-electron chi connectivity index (χ3n) is 1.88. The van der Waals surface area contributed by atoms with Crippen LogP contribution in [0, 0.1) is 0 Å². The Morgan fingerprint density at radius 3 is 2.78 bits per heavy atom. The molecule has 1 rings (SSSR count). The summed E-state index contributed by atoms with van der Waals surface area (Å²) in [6, 6.07) is 0.310. The second-order valence-corrected chi connectivity index (χ2v) is 2.59. The molecular weight excluding hydrogens is 114 g/mol. The van der Waals surface area contributed by atoms with E-state index in [1.165, 1.54) is 6.42 Å². The molecule has 2 nitrogen and oxygen atoms in total. The van der Waals surface area contributed by atoms with Crippen LogP contribution in [-0.4, -0.2) is 18.8 Å². The molecule has 9 heavy (non-hydrogen) atoms. The molecule has 0 aromatic carbocycles. The Morgan fingerprint density at radius 1 is 1.56 bits per heavy atom. The van der Waals surface area contributed by atoms with Gasteiger partial charge in [-0.3, -0.25) is 0 Å². The molecule has 0 spiro atoms. The van der Waals surface area contributed by atoms with E-state index in [1.54, 1.807) is 0 Å². The van der Waals surface area contributed by atoms with Gasteiger partial charge in [-0.25, -0.2) is 0 Å². The number of nitrogens with two attached hydrogens (primary N) is 1. The second-order valence-electron chi connectivity index (χ2n) is 2.59. The van der Waals surface area contributed by atoms with Gasteiger partial charge < -0.3 is 10.5 Å². The van der Waals surface area contributed by atoms with Gasteiger partial charge in [0.1, 0.15) is 0 Å². The molecule has 2 N–H and O–H groups in total. The van der Waals surface area contributed by atoms with Crippen LogP contribution in [-0.2, 0) is 4.74 Å². The largest absolute Gasteiger partial charge is 0.377 e. The first kappa shape index (κ1) is 7.03. The first-order valence-corrected chi connectivity index (χ1v) is 3.71. The van der Waals surface area contributed by atoms with E-state index in [0.717, 1.165) is 19.4 Å². The number of hydrogen-bond acceptors (Lipinski definition) is 2. The summed E-state index contributed by atoms with van der Waals surface area (Å²) in [5.41, 5.74) is 5.74. The normalized spacial score (nSPS) is 35.3. The fourth-order valence-corrected chi connectivity index (χ4v) is 1.38. The standard InChI is InChI=1S/C7H15NO/c1-2-9-7-5-3-4-6(7)8/h6-7H,2-5,8H2,1H3/t6-,7+/m1/s1. The average molecular weight is 129 g/mol. The minimum absolute atomic E-state index is 0.310. The van der Waals surface area contributed by atoms with Gasteiger partial charge in [0.05, 0.1) is 6.10 Å². The van der Waals surface area contributed by atoms with Crippen molar-refractivity contribution in [1.29, 1.82) is 0 Å². The Kier molecular flexibility index (Phi) is 2.49. The van der Waals surface area contributed by atoms with Crippen molar-refractivity contribution in [3.8, 4) is 0 Å². The quantitative estimate of drug-likeness (QED) is 0.601. The van der Waals surface area contributed by atoms with E-state index in [0.29, 0.717) is 12.1 Å². The van der Waals surface area contributed by atoms with Crippen LogP contribution < -0.4 is 5.73 Å². The average Bonchev–Trinajstić information content (AvgIpc) is 2.18. The van der Waals surface area contributed by atoms with Crippen molar-refractivity contribution in [2.24, 2.45) is 5.73 Å². The Bertz CT molecular complexity index is 85.0. The van der Waals surface area contributed by atoms with E-state index in [1.807, 2.05) is 6.92 Å². The lowest BCUT2D eigenvalue weighted by molar-refractivity contribution is 0.0576. The molecular formula is C7H15NO. The summed E-state index contributed by atoms with van der Waals surface area (Å²) in [5.74, 6) is 0. The topological polar surface area (TPSA) is 35.2 Å². The highest BCUT2D eigenvalue weighted by atomic mass is 16.5. The van der Waals surface area contributed by atoms with Crippen LogP contribution in [0.1, 0.15) is 26.2 Å². The molecule has 1 fully saturated rings. The van der Waals surface area contributed by atoms with Crippen molar-refractivity contribution in [3.05, 3.63) is 0 Å². The van der Waals surface area contributed by atoms with Gasteiger partial charge in [-0.05, 0) is 26.2 Å². The fourth-order valence-electron chi connectivity index (χ4n) is 1.38. The Morgan fingerprint density at radius 2 is 2.33 bits per heavy atom. The minimum Gasteiger partial charge on any atom is -0.377 e. The molecule has 0 unspecified atom stereocenters. The molecule has 0 radical (unpaired) electrons. The lowest BCUT2D eigenvalue weighted by Crippen LogP contribution is -2.31. The SMILES string of the molecule is CCO[C@H]1CCC[C@H]1N. The van der Waals surface area contributed by atoms with Gasteiger partial charge in [0.25, 0.3) is 0 Å². The van der Waals surface area contributed by atoms with Crippen molar-refractivity contribution in [3.63, 3.8) is 0 Å². The molecule has 0 saturated heterocycles. The highest BCUT2D eigenvalue weighted by molar-refractivity contribution is 4.80. The predicted octanol–water partition coefficient (Wildman–Crippen LogP) is 0.903. The Hall–Kier alpha value is -0.0800. The molecule has 2 atom stereocenters. The van der Waals surface area contributed by atoms with Crippen LogP contribution >= 0.6 is 0 Å². The van der Waals surface area contributed by atoms with Crippen LogP contribution in [0.15, 0.2) is 0 Å². The van der Waals surface area contributed by atoms with Gasteiger partial charge in [-0.2, -0.15) is 0 Å². The summed E-state index contributed by atoms with van der Waals surface area (Å²) in [4.78, 5) is 0. The van der Waals surface area contributed by atoms with E-state index in [4.69, 9.17) is 10.5 Å². The van der Waals surface area contributed by atoms with Gasteiger partial charge in [0.15, 0.2) is 0 Å². The third-order valence-corrected chi connectivity index (χ3v) is 1.88. The lowest BCUT2D eigenvalue weighted by Gasteiger charge is -2.14. The van der Waals surface area contributed by atoms with Crippen LogP contribution in [0.25, 0.3) is 0 Å². The second kappa shape index (κ2) is 3.18. The van der Waals surface area contributed by atoms with Crippen molar-refractivity contribution in [2.75, 3.05) is 6.61 Å². The maximum atomic E-state index is 5.74. The van der Waals surface area contributed by atoms with Gasteiger partial charge in [-0.15, -0.1) is 0 Å². The smallest absolute Gasteiger partial charge is 0.0725 e. The monoisotopic (exact) mass is 129 g/mol. The maximum absolute atomic E-state index is 5.74. The fraction of sp³-hybridized carbons (Fsp3) is 1.00. The summed E-state index contributed by atoms with van der Waals surface area (Å²) in [6.07, 6.45) is 3.90. The van der Waals surface area contributed by atoms with Crippen molar-refractivity contribution >= 4 is 0 Å². The van der Waals surface area contributed by atoms with Crippen molar-refractivity contribution in [2.45, 2.75) is 38.3 Å². The molecule has 0 aromatic rings. The molecule has 0 heterocycles. The lowest BCUT2D eigenvalue weighted by atomic mass is 10.2. The summed E-state index contributed by atoms with van der Waals surface area (Å²) >= 11 is 0. The molecule has 2 heteroatoms. The van der Waals surface area contributed by atoms with E-state index in [9.17, 15) is 0 Å². The number of rotatable bonds is 2. The van der Waals surface area contributed by atoms with Crippen molar-refractivity contribution in [1.82, 2.24) is 0 Å². The first-order chi connectivity index (χ1) is 4.34. The van der Waals surface area contributed by atoms with Gasteiger partial charge in [-0.1, -0.05) is 0 Å². The van der Waals surface area contributed by atoms with E-state index < -0.39 is 0 Å². The highest BCUT2D eigenvalue weighted by Gasteiger charge is 2.23. The summed E-state index contributed by atoms with van der Waals surface area (Å²) < 4.78 is 5.39. The number of hydrogen-bond donors (Lipinski definition) is 1. The minimum atomic E-state index is 0.310. The highest BCUT2D eigenvalue weighted by Crippen LogP contribution is 2.19. The van der Waals surface area contributed by atoms with E-state index >= 15 is 0 Å². The molecule has 0 aromatic heterocycles. The van der Waals surface area contributed by atoms with Crippen LogP contribution in [0.2, 0.25) is 0 Å². The molecule has 0 bridgehead atoms. The number of ether oxygens (including phenoxy) is 1. The predicted molar refractivity (Wildman–Crippen MR) is 37.2 cm³/mol. The molecule has 0 amide bonds. The summed E-state index contributed by atoms with van der Waals surface area (Å²) in [5, 5.41) is 0. The zero-order valence-corrected chi connectivity index (χ0v) is 5.97. The first-order valence-electron chi connectivity index (χ1n) is 3.71. The van der Waals surface area contributed by atoms with Crippen LogP contribution in [0.5, 0.6) is 0 Å². The zero-order valence-electron chi connectivity index (χ0n) is 5.97. The third kappa shape index (κ3) is 1.66. The molecule has 54 valence electrons. The molecule has 1 aliphatic carbocycles. The van der Waals surface area contributed by atoms with E-state index in [2.05, 4.69) is 0 Å². The van der Waals surface area contributed by atoms with E-state index in [-0.39, 0.29) is 0 Å². The summed E-state index contributed by atoms with van der Waals surface area (Å²) in [7, 11) is 0. The Labute approximate surface area is 56.4 Å². The summed E-state index contributed by atoms with van der Waals surface area (Å²) in [6.45, 7) is 2.82. The maximum Gasteiger partial charge on any atom is 0.0725 e. The van der Waals surface area contributed by atoms with Crippen LogP contribution in [0.4, 0.5) is 0 Å².